The van der Waals surface area contributed by atoms with Crippen molar-refractivity contribution in [1.82, 2.24) is 14.5 Å². The number of hydrogen-bond acceptors (Lipinski definition) is 9. The van der Waals surface area contributed by atoms with Crippen LogP contribution in [-0.4, -0.2) is 55.2 Å². The summed E-state index contributed by atoms with van der Waals surface area (Å²) in [6, 6.07) is 10.3. The number of ether oxygens (including phenoxy) is 1. The number of pyridine rings is 3. The van der Waals surface area contributed by atoms with Crippen LogP contribution in [0.3, 0.4) is 0 Å². The van der Waals surface area contributed by atoms with Crippen molar-refractivity contribution >= 4 is 44.3 Å². The van der Waals surface area contributed by atoms with E-state index in [2.05, 4.69) is 14.7 Å². The van der Waals surface area contributed by atoms with Crippen molar-refractivity contribution in [2.45, 2.75) is 24.8 Å². The summed E-state index contributed by atoms with van der Waals surface area (Å²) in [6.45, 7) is 4.57. The Kier molecular flexibility index (Phi) is 7.60. The zero-order chi connectivity index (χ0) is 29.3. The standard InChI is InChI=1S/C27H28FN7O5S/c1-2-35-25(29)23(26(30)37)24(36)19-6-4-17(32-27(19)35)13-16-3-7-21(20(28)14-16)33-41(38,39)18-5-8-22(31-15-18)34-9-11-40-12-10-34/h3-8,14-15,33H,2,9-13,29H2,1H3,(H2,30,37). The molecule has 0 bridgehead atoms. The monoisotopic (exact) mass is 581 g/mol. The van der Waals surface area contributed by atoms with Crippen LogP contribution in [-0.2, 0) is 27.7 Å². The van der Waals surface area contributed by atoms with Crippen molar-refractivity contribution in [2.75, 3.05) is 41.7 Å². The third kappa shape index (κ3) is 5.56. The van der Waals surface area contributed by atoms with E-state index in [-0.39, 0.29) is 39.4 Å². The number of rotatable bonds is 8. The first kappa shape index (κ1) is 28.0. The van der Waals surface area contributed by atoms with Crippen LogP contribution in [0.5, 0.6) is 0 Å². The highest BCUT2D eigenvalue weighted by Crippen LogP contribution is 2.24. The molecule has 1 aliphatic heterocycles. The number of aryl methyl sites for hydroxylation is 1. The van der Waals surface area contributed by atoms with Crippen LogP contribution >= 0.6 is 0 Å². The number of morpholine rings is 1. The normalized spacial score (nSPS) is 13.9. The molecule has 0 spiro atoms. The number of amides is 1. The summed E-state index contributed by atoms with van der Waals surface area (Å²) >= 11 is 0. The first-order valence-electron chi connectivity index (χ1n) is 12.8. The highest BCUT2D eigenvalue weighted by atomic mass is 32.2. The maximum absolute atomic E-state index is 15.0. The lowest BCUT2D eigenvalue weighted by Gasteiger charge is -2.27. The van der Waals surface area contributed by atoms with Gasteiger partial charge in [0.2, 0.25) is 5.43 Å². The summed E-state index contributed by atoms with van der Waals surface area (Å²) in [5.41, 5.74) is 11.6. The van der Waals surface area contributed by atoms with E-state index in [1.54, 1.807) is 25.1 Å². The Labute approximate surface area is 234 Å². The Morgan fingerprint density at radius 2 is 1.90 bits per heavy atom. The Hall–Kier alpha value is -4.56. The highest BCUT2D eigenvalue weighted by molar-refractivity contribution is 7.92. The molecular formula is C27H28FN7O5S. The van der Waals surface area contributed by atoms with Gasteiger partial charge in [-0.1, -0.05) is 6.07 Å². The van der Waals surface area contributed by atoms with Gasteiger partial charge in [-0.2, -0.15) is 0 Å². The Bertz CT molecular complexity index is 1800. The number of nitrogens with one attached hydrogen (secondary N) is 1. The number of benzene rings is 1. The number of nitrogens with zero attached hydrogens (tertiary/aromatic N) is 4. The van der Waals surface area contributed by atoms with Crippen molar-refractivity contribution in [2.24, 2.45) is 5.73 Å². The summed E-state index contributed by atoms with van der Waals surface area (Å²) in [7, 11) is -4.09. The van der Waals surface area contributed by atoms with Gasteiger partial charge in [0.25, 0.3) is 15.9 Å². The van der Waals surface area contributed by atoms with E-state index >= 15 is 4.39 Å². The van der Waals surface area contributed by atoms with Gasteiger partial charge in [0.05, 0.1) is 24.3 Å². The molecule has 1 aliphatic rings. The molecule has 0 radical (unpaired) electrons. The fraction of sp³-hybridized carbons (Fsp3) is 0.259. The van der Waals surface area contributed by atoms with E-state index in [1.807, 2.05) is 4.90 Å². The number of primary amides is 1. The lowest BCUT2D eigenvalue weighted by molar-refractivity contribution is 0.0999. The summed E-state index contributed by atoms with van der Waals surface area (Å²) < 4.78 is 49.9. The van der Waals surface area contributed by atoms with Crippen LogP contribution in [0.1, 0.15) is 28.5 Å². The van der Waals surface area contributed by atoms with Crippen LogP contribution in [0, 0.1) is 5.82 Å². The summed E-state index contributed by atoms with van der Waals surface area (Å²) in [5, 5.41) is 0.182. The van der Waals surface area contributed by atoms with Crippen LogP contribution < -0.4 is 26.5 Å². The molecule has 1 aromatic carbocycles. The average molecular weight is 582 g/mol. The molecule has 1 amide bonds. The molecule has 1 fully saturated rings. The number of nitrogen functional groups attached to an aromatic ring is 1. The van der Waals surface area contributed by atoms with Crippen LogP contribution in [0.4, 0.5) is 21.7 Å². The minimum Gasteiger partial charge on any atom is -0.384 e. The molecule has 5 N–H and O–H groups in total. The maximum Gasteiger partial charge on any atom is 0.263 e. The van der Waals surface area contributed by atoms with Gasteiger partial charge in [0.15, 0.2) is 0 Å². The zero-order valence-electron chi connectivity index (χ0n) is 22.1. The average Bonchev–Trinajstić information content (AvgIpc) is 2.95. The number of hydrogen-bond donors (Lipinski definition) is 3. The van der Waals surface area contributed by atoms with E-state index in [9.17, 15) is 18.0 Å². The first-order valence-corrected chi connectivity index (χ1v) is 14.3. The maximum atomic E-state index is 15.0. The quantitative estimate of drug-likeness (QED) is 0.280. The van der Waals surface area contributed by atoms with Gasteiger partial charge in [-0.3, -0.25) is 14.3 Å². The fourth-order valence-corrected chi connectivity index (χ4v) is 5.71. The molecule has 214 valence electrons. The van der Waals surface area contributed by atoms with Crippen LogP contribution in [0.2, 0.25) is 0 Å². The predicted molar refractivity (Wildman–Crippen MR) is 152 cm³/mol. The van der Waals surface area contributed by atoms with E-state index < -0.39 is 27.2 Å². The third-order valence-corrected chi connectivity index (χ3v) is 8.15. The number of halogens is 1. The first-order chi connectivity index (χ1) is 19.6. The molecule has 3 aromatic heterocycles. The van der Waals surface area contributed by atoms with Gasteiger partial charge in [-0.05, 0) is 48.9 Å². The Morgan fingerprint density at radius 1 is 1.15 bits per heavy atom. The minimum absolute atomic E-state index is 0.0734. The summed E-state index contributed by atoms with van der Waals surface area (Å²) in [4.78, 5) is 35.2. The van der Waals surface area contributed by atoms with Crippen LogP contribution in [0.25, 0.3) is 11.0 Å². The second-order valence-electron chi connectivity index (χ2n) is 9.42. The van der Waals surface area contributed by atoms with E-state index in [0.717, 1.165) is 0 Å². The largest absolute Gasteiger partial charge is 0.384 e. The Balaban J connectivity index is 1.36. The van der Waals surface area contributed by atoms with E-state index in [1.165, 1.54) is 35.0 Å². The molecule has 0 atom stereocenters. The second-order valence-corrected chi connectivity index (χ2v) is 11.1. The molecule has 14 heteroatoms. The van der Waals surface area contributed by atoms with Gasteiger partial charge in [-0.15, -0.1) is 0 Å². The van der Waals surface area contributed by atoms with Gasteiger partial charge in [-0.25, -0.2) is 22.8 Å². The lowest BCUT2D eigenvalue weighted by atomic mass is 10.1. The number of anilines is 3. The molecule has 0 unspecified atom stereocenters. The molecule has 0 aliphatic carbocycles. The molecule has 4 heterocycles. The number of fused-ring (bicyclic) bond motifs is 1. The van der Waals surface area contributed by atoms with Crippen LogP contribution in [0.15, 0.2) is 58.4 Å². The molecule has 1 saturated heterocycles. The fourth-order valence-electron chi connectivity index (χ4n) is 4.70. The SMILES string of the molecule is CCn1c(N)c(C(N)=O)c(=O)c2ccc(Cc3ccc(NS(=O)(=O)c4ccc(N5CCOCC5)nc4)c(F)c3)nc21. The van der Waals surface area contributed by atoms with Gasteiger partial charge in [0.1, 0.15) is 33.6 Å². The summed E-state index contributed by atoms with van der Waals surface area (Å²) in [6.07, 6.45) is 1.42. The molecule has 41 heavy (non-hydrogen) atoms. The predicted octanol–water partition coefficient (Wildman–Crippen LogP) is 1.86. The van der Waals surface area contributed by atoms with Crippen molar-refractivity contribution in [1.29, 1.82) is 0 Å². The molecule has 0 saturated carbocycles. The van der Waals surface area contributed by atoms with Gasteiger partial charge < -0.3 is 25.7 Å². The number of sulfonamides is 1. The minimum atomic E-state index is -4.09. The number of carbonyl (C=O) groups is 1. The van der Waals surface area contributed by atoms with Gasteiger partial charge in [0, 0.05) is 37.9 Å². The van der Waals surface area contributed by atoms with Gasteiger partial charge >= 0.3 is 0 Å². The van der Waals surface area contributed by atoms with Crippen molar-refractivity contribution in [3.63, 3.8) is 0 Å². The van der Waals surface area contributed by atoms with Crippen molar-refractivity contribution < 1.29 is 22.3 Å². The van der Waals surface area contributed by atoms with E-state index in [4.69, 9.17) is 16.2 Å². The number of nitrogens with two attached hydrogens (primary N) is 2. The molecule has 5 rings (SSSR count). The Morgan fingerprint density at radius 3 is 2.54 bits per heavy atom. The topological polar surface area (TPSA) is 176 Å². The summed E-state index contributed by atoms with van der Waals surface area (Å²) in [5.74, 6) is -1.13. The highest BCUT2D eigenvalue weighted by Gasteiger charge is 2.21. The lowest BCUT2D eigenvalue weighted by Crippen LogP contribution is -2.36. The van der Waals surface area contributed by atoms with Crippen molar-refractivity contribution in [3.8, 4) is 0 Å². The molecule has 4 aromatic rings. The van der Waals surface area contributed by atoms with Crippen molar-refractivity contribution in [3.05, 3.63) is 81.5 Å². The number of aromatic nitrogens is 3. The number of carbonyl (C=O) groups excluding carboxylic acids is 1. The second kappa shape index (κ2) is 11.1. The smallest absolute Gasteiger partial charge is 0.263 e. The van der Waals surface area contributed by atoms with E-state index in [0.29, 0.717) is 49.9 Å². The molecular weight excluding hydrogens is 553 g/mol. The molecule has 12 nitrogen and oxygen atoms in total. The zero-order valence-corrected chi connectivity index (χ0v) is 22.9. The third-order valence-electron chi connectivity index (χ3n) is 6.80.